The third-order valence-electron chi connectivity index (χ3n) is 0.892. The van der Waals surface area contributed by atoms with E-state index >= 15 is 0 Å². The second kappa shape index (κ2) is 4.96. The second-order valence-corrected chi connectivity index (χ2v) is 1.73. The molecule has 4 nitrogen and oxygen atoms in total. The van der Waals surface area contributed by atoms with Crippen molar-refractivity contribution < 1.29 is 14.6 Å². The lowest BCUT2D eigenvalue weighted by atomic mass is 10.3. The standard InChI is InChI=1S/C6H11NO3/c1-10-6(9)3-2-5(7)4-8/h2-3,5,8H,4,7H2,1H3/b3-2+. The summed E-state index contributed by atoms with van der Waals surface area (Å²) in [5.41, 5.74) is 5.23. The number of aliphatic hydroxyl groups is 1. The molecule has 1 unspecified atom stereocenters. The van der Waals surface area contributed by atoms with E-state index in [9.17, 15) is 4.79 Å². The van der Waals surface area contributed by atoms with E-state index in [0.29, 0.717) is 0 Å². The van der Waals surface area contributed by atoms with Crippen LogP contribution in [-0.4, -0.2) is 30.8 Å². The van der Waals surface area contributed by atoms with Gasteiger partial charge in [0.05, 0.1) is 13.7 Å². The molecular formula is C6H11NO3. The molecule has 58 valence electrons. The van der Waals surface area contributed by atoms with Crippen molar-refractivity contribution in [3.05, 3.63) is 12.2 Å². The number of aliphatic hydroxyl groups excluding tert-OH is 1. The molecule has 4 heteroatoms. The molecule has 1 atom stereocenters. The summed E-state index contributed by atoms with van der Waals surface area (Å²) < 4.78 is 4.28. The second-order valence-electron chi connectivity index (χ2n) is 1.73. The summed E-state index contributed by atoms with van der Waals surface area (Å²) >= 11 is 0. The summed E-state index contributed by atoms with van der Waals surface area (Å²) in [5, 5.41) is 8.39. The van der Waals surface area contributed by atoms with Crippen molar-refractivity contribution in [3.8, 4) is 0 Å². The van der Waals surface area contributed by atoms with E-state index < -0.39 is 12.0 Å². The summed E-state index contributed by atoms with van der Waals surface area (Å²) in [5.74, 6) is -0.469. The highest BCUT2D eigenvalue weighted by atomic mass is 16.5. The maximum atomic E-state index is 10.4. The van der Waals surface area contributed by atoms with E-state index in [0.717, 1.165) is 0 Å². The number of esters is 1. The van der Waals surface area contributed by atoms with Gasteiger partial charge in [0.15, 0.2) is 0 Å². The Morgan fingerprint density at radius 1 is 1.90 bits per heavy atom. The van der Waals surface area contributed by atoms with Crippen molar-refractivity contribution in [2.45, 2.75) is 6.04 Å². The van der Waals surface area contributed by atoms with Crippen molar-refractivity contribution in [3.63, 3.8) is 0 Å². The molecule has 3 N–H and O–H groups in total. The van der Waals surface area contributed by atoms with Crippen LogP contribution in [0.3, 0.4) is 0 Å². The molecule has 0 bridgehead atoms. The molecule has 0 aromatic rings. The highest BCUT2D eigenvalue weighted by Crippen LogP contribution is 1.81. The highest BCUT2D eigenvalue weighted by Gasteiger charge is 1.94. The van der Waals surface area contributed by atoms with Gasteiger partial charge in [0, 0.05) is 12.1 Å². The molecule has 0 radical (unpaired) electrons. The normalized spacial score (nSPS) is 13.5. The Morgan fingerprint density at radius 3 is 2.90 bits per heavy atom. The van der Waals surface area contributed by atoms with Gasteiger partial charge >= 0.3 is 5.97 Å². The van der Waals surface area contributed by atoms with Crippen LogP contribution in [-0.2, 0) is 9.53 Å². The first kappa shape index (κ1) is 9.13. The molecule has 0 aliphatic rings. The maximum Gasteiger partial charge on any atom is 0.330 e. The number of rotatable bonds is 3. The quantitative estimate of drug-likeness (QED) is 0.396. The van der Waals surface area contributed by atoms with E-state index in [2.05, 4.69) is 4.74 Å². The number of hydrogen-bond acceptors (Lipinski definition) is 4. The number of carbonyl (C=O) groups excluding carboxylic acids is 1. The average Bonchev–Trinajstić information content (AvgIpc) is 1.99. The van der Waals surface area contributed by atoms with Gasteiger partial charge in [-0.05, 0) is 0 Å². The molecule has 0 fully saturated rings. The van der Waals surface area contributed by atoms with Crippen LogP contribution in [0.15, 0.2) is 12.2 Å². The molecule has 0 aromatic heterocycles. The first-order chi connectivity index (χ1) is 4.70. The van der Waals surface area contributed by atoms with E-state index in [-0.39, 0.29) is 6.61 Å². The van der Waals surface area contributed by atoms with Gasteiger partial charge < -0.3 is 15.6 Å². The zero-order valence-corrected chi connectivity index (χ0v) is 5.78. The van der Waals surface area contributed by atoms with Crippen LogP contribution < -0.4 is 5.73 Å². The molecule has 0 spiro atoms. The van der Waals surface area contributed by atoms with Crippen LogP contribution in [0.2, 0.25) is 0 Å². The van der Waals surface area contributed by atoms with Gasteiger partial charge in [0.1, 0.15) is 0 Å². The molecule has 0 rings (SSSR count). The van der Waals surface area contributed by atoms with Crippen LogP contribution in [0.4, 0.5) is 0 Å². The Labute approximate surface area is 59.3 Å². The van der Waals surface area contributed by atoms with E-state index in [1.165, 1.54) is 19.3 Å². The van der Waals surface area contributed by atoms with Crippen molar-refractivity contribution in [2.75, 3.05) is 13.7 Å². The highest BCUT2D eigenvalue weighted by molar-refractivity contribution is 5.81. The molecule has 0 saturated carbocycles. The van der Waals surface area contributed by atoms with Crippen molar-refractivity contribution >= 4 is 5.97 Å². The van der Waals surface area contributed by atoms with Crippen LogP contribution in [0.1, 0.15) is 0 Å². The average molecular weight is 145 g/mol. The summed E-state index contributed by atoms with van der Waals surface area (Å²) in [7, 11) is 1.27. The summed E-state index contributed by atoms with van der Waals surface area (Å²) in [4.78, 5) is 10.4. The predicted molar refractivity (Wildman–Crippen MR) is 36.2 cm³/mol. The first-order valence-corrected chi connectivity index (χ1v) is 2.83. The van der Waals surface area contributed by atoms with Gasteiger partial charge in [0.2, 0.25) is 0 Å². The Bertz CT molecular complexity index is 133. The Kier molecular flexibility index (Phi) is 4.53. The third-order valence-corrected chi connectivity index (χ3v) is 0.892. The lowest BCUT2D eigenvalue weighted by Crippen LogP contribution is -2.21. The fraction of sp³-hybridized carbons (Fsp3) is 0.500. The molecule has 0 aromatic carbocycles. The van der Waals surface area contributed by atoms with E-state index in [1.54, 1.807) is 0 Å². The van der Waals surface area contributed by atoms with Crippen LogP contribution in [0.5, 0.6) is 0 Å². The number of nitrogens with two attached hydrogens (primary N) is 1. The SMILES string of the molecule is COC(=O)/C=C/C(N)CO. The number of ether oxygens (including phenoxy) is 1. The Morgan fingerprint density at radius 2 is 2.50 bits per heavy atom. The van der Waals surface area contributed by atoms with Gasteiger partial charge in [-0.1, -0.05) is 6.08 Å². The van der Waals surface area contributed by atoms with Crippen LogP contribution >= 0.6 is 0 Å². The van der Waals surface area contributed by atoms with Gasteiger partial charge in [0.25, 0.3) is 0 Å². The fourth-order valence-corrected chi connectivity index (χ4v) is 0.331. The topological polar surface area (TPSA) is 72.5 Å². The molecular weight excluding hydrogens is 134 g/mol. The molecule has 0 amide bonds. The van der Waals surface area contributed by atoms with Crippen LogP contribution in [0, 0.1) is 0 Å². The summed E-state index contributed by atoms with van der Waals surface area (Å²) in [6.45, 7) is -0.173. The zero-order valence-electron chi connectivity index (χ0n) is 5.78. The number of hydrogen-bond donors (Lipinski definition) is 2. The predicted octanol–water partition coefficient (Wildman–Crippen LogP) is -0.965. The lowest BCUT2D eigenvalue weighted by molar-refractivity contribution is -0.134. The summed E-state index contributed by atoms with van der Waals surface area (Å²) in [6, 6.07) is -0.487. The Balaban J connectivity index is 3.63. The van der Waals surface area contributed by atoms with Gasteiger partial charge in [-0.25, -0.2) is 4.79 Å². The number of carbonyl (C=O) groups is 1. The smallest absolute Gasteiger partial charge is 0.330 e. The van der Waals surface area contributed by atoms with Gasteiger partial charge in [-0.2, -0.15) is 0 Å². The van der Waals surface area contributed by atoms with E-state index in [4.69, 9.17) is 10.8 Å². The maximum absolute atomic E-state index is 10.4. The minimum atomic E-state index is -0.487. The minimum Gasteiger partial charge on any atom is -0.466 e. The van der Waals surface area contributed by atoms with Crippen molar-refractivity contribution in [2.24, 2.45) is 5.73 Å². The molecule has 10 heavy (non-hydrogen) atoms. The molecule has 0 aliphatic carbocycles. The molecule has 0 aliphatic heterocycles. The lowest BCUT2D eigenvalue weighted by Gasteiger charge is -1.97. The zero-order chi connectivity index (χ0) is 7.98. The van der Waals surface area contributed by atoms with Crippen molar-refractivity contribution in [1.82, 2.24) is 0 Å². The molecule has 0 saturated heterocycles. The van der Waals surface area contributed by atoms with Gasteiger partial charge in [-0.3, -0.25) is 0 Å². The fourth-order valence-electron chi connectivity index (χ4n) is 0.331. The van der Waals surface area contributed by atoms with Crippen molar-refractivity contribution in [1.29, 1.82) is 0 Å². The number of methoxy groups -OCH3 is 1. The molecule has 0 heterocycles. The van der Waals surface area contributed by atoms with E-state index in [1.807, 2.05) is 0 Å². The monoisotopic (exact) mass is 145 g/mol. The summed E-state index contributed by atoms with van der Waals surface area (Å²) in [6.07, 6.45) is 2.56. The van der Waals surface area contributed by atoms with Crippen LogP contribution in [0.25, 0.3) is 0 Å². The van der Waals surface area contributed by atoms with Gasteiger partial charge in [-0.15, -0.1) is 0 Å². The minimum absolute atomic E-state index is 0.173. The first-order valence-electron chi connectivity index (χ1n) is 2.83. The third kappa shape index (κ3) is 4.05. The largest absolute Gasteiger partial charge is 0.466 e. The Hall–Kier alpha value is -0.870.